The number of halogens is 1. The molecule has 0 aliphatic heterocycles. The number of nitrogens with two attached hydrogens (primary N) is 1. The summed E-state index contributed by atoms with van der Waals surface area (Å²) in [6, 6.07) is 8.08. The molecule has 1 aromatic carbocycles. The maximum absolute atomic E-state index is 6.09. The van der Waals surface area contributed by atoms with Gasteiger partial charge >= 0.3 is 0 Å². The van der Waals surface area contributed by atoms with Crippen molar-refractivity contribution >= 4 is 33.0 Å². The Balaban J connectivity index is 2.78. The molecule has 62 valence electrons. The Hall–Kier alpha value is -0.570. The van der Waals surface area contributed by atoms with E-state index in [9.17, 15) is 0 Å². The predicted octanol–water partition coefficient (Wildman–Crippen LogP) is 3.01. The highest BCUT2D eigenvalue weighted by atomic mass is 35.5. The van der Waals surface area contributed by atoms with Crippen molar-refractivity contribution < 1.29 is 0 Å². The second-order valence-corrected chi connectivity index (χ2v) is 4.05. The first-order valence-electron chi connectivity index (χ1n) is 3.69. The summed E-state index contributed by atoms with van der Waals surface area (Å²) in [6.07, 6.45) is 0. The second kappa shape index (κ2) is 3.05. The zero-order valence-electron chi connectivity index (χ0n) is 6.38. The monoisotopic (exact) mass is 197 g/mol. The van der Waals surface area contributed by atoms with Crippen molar-refractivity contribution in [1.82, 2.24) is 0 Å². The summed E-state index contributed by atoms with van der Waals surface area (Å²) < 4.78 is 1.21. The number of benzene rings is 1. The van der Waals surface area contributed by atoms with E-state index in [0.717, 1.165) is 15.3 Å². The first kappa shape index (κ1) is 8.05. The molecule has 0 aliphatic rings. The molecule has 12 heavy (non-hydrogen) atoms. The summed E-state index contributed by atoms with van der Waals surface area (Å²) >= 11 is 7.75. The van der Waals surface area contributed by atoms with Crippen LogP contribution < -0.4 is 5.73 Å². The summed E-state index contributed by atoms with van der Waals surface area (Å²) in [4.78, 5) is 1.07. The average molecular weight is 198 g/mol. The smallest absolute Gasteiger partial charge is 0.0636 e. The Bertz CT molecular complexity index is 408. The van der Waals surface area contributed by atoms with E-state index in [2.05, 4.69) is 6.07 Å². The van der Waals surface area contributed by atoms with Gasteiger partial charge in [-0.1, -0.05) is 29.8 Å². The van der Waals surface area contributed by atoms with Crippen LogP contribution in [0, 0.1) is 0 Å². The Kier molecular flexibility index (Phi) is 2.05. The fourth-order valence-corrected chi connectivity index (χ4v) is 2.58. The van der Waals surface area contributed by atoms with Crippen molar-refractivity contribution in [2.75, 3.05) is 0 Å². The van der Waals surface area contributed by atoms with Gasteiger partial charge < -0.3 is 5.73 Å². The summed E-state index contributed by atoms with van der Waals surface area (Å²) in [6.45, 7) is 0.526. The summed E-state index contributed by atoms with van der Waals surface area (Å²) in [5.41, 5.74) is 5.54. The molecule has 0 bridgehead atoms. The Morgan fingerprint density at radius 2 is 2.08 bits per heavy atom. The molecule has 0 fully saturated rings. The lowest BCUT2D eigenvalue weighted by Gasteiger charge is -1.88. The molecule has 0 unspecified atom stereocenters. The minimum absolute atomic E-state index is 0.526. The molecule has 0 amide bonds. The highest BCUT2D eigenvalue weighted by molar-refractivity contribution is 7.19. The quantitative estimate of drug-likeness (QED) is 0.748. The molecule has 0 saturated heterocycles. The van der Waals surface area contributed by atoms with Crippen LogP contribution in [-0.2, 0) is 6.54 Å². The molecule has 1 nitrogen and oxygen atoms in total. The van der Waals surface area contributed by atoms with Crippen molar-refractivity contribution in [3.63, 3.8) is 0 Å². The van der Waals surface area contributed by atoms with Crippen LogP contribution in [0.25, 0.3) is 10.1 Å². The lowest BCUT2D eigenvalue weighted by molar-refractivity contribution is 1.11. The van der Waals surface area contributed by atoms with Gasteiger partial charge in [0, 0.05) is 21.5 Å². The van der Waals surface area contributed by atoms with Crippen LogP contribution in [0.4, 0.5) is 0 Å². The van der Waals surface area contributed by atoms with Crippen LogP contribution in [0.15, 0.2) is 24.3 Å². The maximum Gasteiger partial charge on any atom is 0.0636 e. The molecule has 2 aromatic rings. The van der Waals surface area contributed by atoms with Gasteiger partial charge in [-0.15, -0.1) is 11.3 Å². The van der Waals surface area contributed by atoms with E-state index in [1.807, 2.05) is 18.2 Å². The molecule has 1 aromatic heterocycles. The van der Waals surface area contributed by atoms with Gasteiger partial charge in [-0.2, -0.15) is 0 Å². The van der Waals surface area contributed by atoms with Gasteiger partial charge in [0.25, 0.3) is 0 Å². The van der Waals surface area contributed by atoms with Gasteiger partial charge in [0.2, 0.25) is 0 Å². The number of hydrogen-bond donors (Lipinski definition) is 1. The van der Waals surface area contributed by atoms with Crippen molar-refractivity contribution in [3.8, 4) is 0 Å². The standard InChI is InChI=1S/C9H8ClNS/c10-9-6-3-1-2-4-7(6)12-8(9)5-11/h1-4H,5,11H2. The highest BCUT2D eigenvalue weighted by Crippen LogP contribution is 2.34. The number of fused-ring (bicyclic) bond motifs is 1. The number of thiophene rings is 1. The minimum atomic E-state index is 0.526. The summed E-state index contributed by atoms with van der Waals surface area (Å²) in [5.74, 6) is 0. The van der Waals surface area contributed by atoms with Crippen LogP contribution in [-0.4, -0.2) is 0 Å². The predicted molar refractivity (Wildman–Crippen MR) is 54.7 cm³/mol. The van der Waals surface area contributed by atoms with E-state index in [1.165, 1.54) is 4.70 Å². The number of rotatable bonds is 1. The van der Waals surface area contributed by atoms with Gasteiger partial charge in [0.05, 0.1) is 5.02 Å². The van der Waals surface area contributed by atoms with Crippen LogP contribution in [0.1, 0.15) is 4.88 Å². The van der Waals surface area contributed by atoms with E-state index in [-0.39, 0.29) is 0 Å². The molecule has 0 atom stereocenters. The van der Waals surface area contributed by atoms with Gasteiger partial charge in [-0.25, -0.2) is 0 Å². The van der Waals surface area contributed by atoms with Crippen molar-refractivity contribution in [1.29, 1.82) is 0 Å². The Morgan fingerprint density at radius 1 is 1.33 bits per heavy atom. The van der Waals surface area contributed by atoms with Crippen molar-refractivity contribution in [2.24, 2.45) is 5.73 Å². The Morgan fingerprint density at radius 3 is 2.75 bits per heavy atom. The first-order valence-corrected chi connectivity index (χ1v) is 4.88. The van der Waals surface area contributed by atoms with Gasteiger partial charge in [-0.3, -0.25) is 0 Å². The second-order valence-electron chi connectivity index (χ2n) is 2.54. The fraction of sp³-hybridized carbons (Fsp3) is 0.111. The highest BCUT2D eigenvalue weighted by Gasteiger charge is 2.06. The molecular weight excluding hydrogens is 190 g/mol. The van der Waals surface area contributed by atoms with Crippen molar-refractivity contribution in [3.05, 3.63) is 34.2 Å². The third kappa shape index (κ3) is 1.12. The zero-order valence-corrected chi connectivity index (χ0v) is 7.95. The lowest BCUT2D eigenvalue weighted by atomic mass is 10.2. The molecule has 1 heterocycles. The fourth-order valence-electron chi connectivity index (χ4n) is 1.20. The van der Waals surface area contributed by atoms with Crippen LogP contribution >= 0.6 is 22.9 Å². The van der Waals surface area contributed by atoms with E-state index >= 15 is 0 Å². The minimum Gasteiger partial charge on any atom is -0.326 e. The SMILES string of the molecule is NCc1sc2ccccc2c1Cl. The molecule has 2 rings (SSSR count). The van der Waals surface area contributed by atoms with E-state index < -0.39 is 0 Å². The van der Waals surface area contributed by atoms with Crippen molar-refractivity contribution in [2.45, 2.75) is 6.54 Å². The molecule has 2 N–H and O–H groups in total. The molecule has 0 aliphatic carbocycles. The Labute approximate surface area is 79.8 Å². The van der Waals surface area contributed by atoms with E-state index in [4.69, 9.17) is 17.3 Å². The third-order valence-corrected chi connectivity index (χ3v) is 3.52. The average Bonchev–Trinajstić information content (AvgIpc) is 2.44. The number of hydrogen-bond acceptors (Lipinski definition) is 2. The molecule has 3 heteroatoms. The lowest BCUT2D eigenvalue weighted by Crippen LogP contribution is -1.92. The van der Waals surface area contributed by atoms with E-state index in [0.29, 0.717) is 6.54 Å². The zero-order chi connectivity index (χ0) is 8.55. The third-order valence-electron chi connectivity index (χ3n) is 1.79. The molecular formula is C9H8ClNS. The summed E-state index contributed by atoms with van der Waals surface area (Å²) in [5, 5.41) is 1.93. The van der Waals surface area contributed by atoms with E-state index in [1.54, 1.807) is 11.3 Å². The van der Waals surface area contributed by atoms with Gasteiger partial charge in [0.15, 0.2) is 0 Å². The van der Waals surface area contributed by atoms with Crippen LogP contribution in [0.5, 0.6) is 0 Å². The molecule has 0 saturated carbocycles. The maximum atomic E-state index is 6.09. The molecule has 0 radical (unpaired) electrons. The normalized spacial score (nSPS) is 10.8. The molecule has 0 spiro atoms. The van der Waals surface area contributed by atoms with Crippen LogP contribution in [0.3, 0.4) is 0 Å². The van der Waals surface area contributed by atoms with Gasteiger partial charge in [0.1, 0.15) is 0 Å². The van der Waals surface area contributed by atoms with Crippen LogP contribution in [0.2, 0.25) is 5.02 Å². The first-order chi connectivity index (χ1) is 5.83. The topological polar surface area (TPSA) is 26.0 Å². The summed E-state index contributed by atoms with van der Waals surface area (Å²) in [7, 11) is 0. The van der Waals surface area contributed by atoms with Gasteiger partial charge in [-0.05, 0) is 6.07 Å². The largest absolute Gasteiger partial charge is 0.326 e.